The molecule has 0 radical (unpaired) electrons. The van der Waals surface area contributed by atoms with Crippen LogP contribution in [0, 0.1) is 11.3 Å². The van der Waals surface area contributed by atoms with Crippen LogP contribution in [0.4, 0.5) is 0 Å². The van der Waals surface area contributed by atoms with Crippen LogP contribution in [0.2, 0.25) is 0 Å². The van der Waals surface area contributed by atoms with Crippen molar-refractivity contribution < 1.29 is 4.79 Å². The molecule has 2 aromatic rings. The molecular formula is C22H23N3OS. The number of pyridine rings is 1. The lowest BCUT2D eigenvalue weighted by Gasteiger charge is -2.26. The van der Waals surface area contributed by atoms with Gasteiger partial charge < -0.3 is 4.57 Å². The fourth-order valence-corrected chi connectivity index (χ4v) is 4.14. The summed E-state index contributed by atoms with van der Waals surface area (Å²) in [5, 5.41) is 0. The summed E-state index contributed by atoms with van der Waals surface area (Å²) in [6.45, 7) is 6.78. The molecule has 1 aliphatic heterocycles. The molecule has 4 nitrogen and oxygen atoms in total. The van der Waals surface area contributed by atoms with Crippen LogP contribution in [0.3, 0.4) is 0 Å². The van der Waals surface area contributed by atoms with Crippen molar-refractivity contribution in [2.75, 3.05) is 0 Å². The first kappa shape index (κ1) is 18.0. The summed E-state index contributed by atoms with van der Waals surface area (Å²) in [6, 6.07) is 4.01. The van der Waals surface area contributed by atoms with Gasteiger partial charge in [-0.2, -0.15) is 0 Å². The number of nitrogens with zero attached hydrogens (tertiary/aromatic N) is 3. The molecule has 0 spiro atoms. The van der Waals surface area contributed by atoms with E-state index >= 15 is 0 Å². The number of allylic oxidation sites excluding steroid dienone is 4. The second-order valence-electron chi connectivity index (χ2n) is 8.14. The van der Waals surface area contributed by atoms with Crippen molar-refractivity contribution in [3.63, 3.8) is 0 Å². The van der Waals surface area contributed by atoms with Crippen LogP contribution < -0.4 is 0 Å². The van der Waals surface area contributed by atoms with Crippen molar-refractivity contribution in [1.82, 2.24) is 14.5 Å². The van der Waals surface area contributed by atoms with Gasteiger partial charge in [-0.15, -0.1) is 0 Å². The summed E-state index contributed by atoms with van der Waals surface area (Å²) in [5.41, 5.74) is 3.50. The highest BCUT2D eigenvalue weighted by Gasteiger charge is 2.35. The number of thiocarbonyl (C=S) groups is 1. The number of hydrogen-bond acceptors (Lipinski definition) is 4. The Hall–Kier alpha value is -2.40. The van der Waals surface area contributed by atoms with Crippen LogP contribution in [0.1, 0.15) is 38.7 Å². The van der Waals surface area contributed by atoms with Gasteiger partial charge >= 0.3 is 0 Å². The molecule has 1 unspecified atom stereocenters. The average molecular weight is 378 g/mol. The zero-order valence-corrected chi connectivity index (χ0v) is 16.7. The number of rotatable bonds is 3. The lowest BCUT2D eigenvalue weighted by molar-refractivity contribution is -0.127. The van der Waals surface area contributed by atoms with Crippen LogP contribution in [-0.2, 0) is 17.8 Å². The van der Waals surface area contributed by atoms with Crippen molar-refractivity contribution in [2.45, 2.75) is 40.2 Å². The molecule has 2 aromatic heterocycles. The van der Waals surface area contributed by atoms with Crippen LogP contribution in [0.5, 0.6) is 0 Å². The van der Waals surface area contributed by atoms with Gasteiger partial charge in [-0.05, 0) is 18.6 Å². The highest BCUT2D eigenvalue weighted by Crippen LogP contribution is 2.37. The van der Waals surface area contributed by atoms with E-state index in [1.165, 1.54) is 0 Å². The van der Waals surface area contributed by atoms with Crippen molar-refractivity contribution >= 4 is 28.4 Å². The molecule has 1 aliphatic carbocycles. The molecule has 1 atom stereocenters. The average Bonchev–Trinajstić information content (AvgIpc) is 3.22. The maximum atomic E-state index is 12.9. The zero-order chi connectivity index (χ0) is 19.2. The Bertz CT molecular complexity index is 977. The number of Topliss-reactive ketones (excluding diaryl/α,β-unsaturated/α-hetero) is 1. The second kappa shape index (κ2) is 6.64. The quantitative estimate of drug-likeness (QED) is 0.742. The number of imidazole rings is 1. The maximum absolute atomic E-state index is 12.9. The Morgan fingerprint density at radius 3 is 2.70 bits per heavy atom. The smallest absolute Gasteiger partial charge is 0.150 e. The van der Waals surface area contributed by atoms with Gasteiger partial charge in [0.05, 0.1) is 17.3 Å². The molecule has 0 aromatic carbocycles. The van der Waals surface area contributed by atoms with Gasteiger partial charge in [0, 0.05) is 46.8 Å². The minimum atomic E-state index is -0.439. The Morgan fingerprint density at radius 2 is 2.00 bits per heavy atom. The Balaban J connectivity index is 1.81. The predicted molar refractivity (Wildman–Crippen MR) is 111 cm³/mol. The molecule has 0 bridgehead atoms. The normalized spacial score (nSPS) is 19.1. The maximum Gasteiger partial charge on any atom is 0.150 e. The fourth-order valence-electron chi connectivity index (χ4n) is 3.78. The number of carbonyl (C=O) groups is 1. The minimum absolute atomic E-state index is 0.145. The van der Waals surface area contributed by atoms with E-state index in [0.717, 1.165) is 47.7 Å². The summed E-state index contributed by atoms with van der Waals surface area (Å²) in [4.78, 5) is 22.7. The van der Waals surface area contributed by atoms with Crippen LogP contribution in [0.15, 0.2) is 42.8 Å². The molecule has 3 heterocycles. The highest BCUT2D eigenvalue weighted by atomic mass is 32.1. The Morgan fingerprint density at radius 1 is 1.26 bits per heavy atom. The Kier molecular flexibility index (Phi) is 4.42. The monoisotopic (exact) mass is 377 g/mol. The summed E-state index contributed by atoms with van der Waals surface area (Å²) >= 11 is 5.79. The number of carbonyl (C=O) groups excluding carboxylic acids is 1. The summed E-state index contributed by atoms with van der Waals surface area (Å²) in [5.74, 6) is 0.863. The molecule has 138 valence electrons. The number of ketones is 1. The first-order valence-corrected chi connectivity index (χ1v) is 9.76. The largest absolute Gasteiger partial charge is 0.327 e. The topological polar surface area (TPSA) is 47.8 Å². The standard InChI is InChI=1S/C22H23N3OS/c1-22(2,3)21(26)16-7-4-6-15(20(16)27)18-19(14-9-11-23-12-10-14)25-13-5-8-17(25)24-18/h4,6-7,9-12,16H,5,8,13H2,1-3H3. The van der Waals surface area contributed by atoms with E-state index in [9.17, 15) is 4.79 Å². The van der Waals surface area contributed by atoms with Gasteiger partial charge in [-0.3, -0.25) is 9.78 Å². The molecular weight excluding hydrogens is 354 g/mol. The summed E-state index contributed by atoms with van der Waals surface area (Å²) < 4.78 is 2.28. The molecule has 0 saturated heterocycles. The Labute approximate surface area is 165 Å². The van der Waals surface area contributed by atoms with E-state index in [2.05, 4.69) is 9.55 Å². The molecule has 0 amide bonds. The number of aromatic nitrogens is 3. The van der Waals surface area contributed by atoms with E-state index in [1.807, 2.05) is 51.1 Å². The number of aryl methyl sites for hydroxylation is 1. The predicted octanol–water partition coefficient (Wildman–Crippen LogP) is 4.45. The van der Waals surface area contributed by atoms with Crippen molar-refractivity contribution in [2.24, 2.45) is 11.3 Å². The first-order chi connectivity index (χ1) is 12.9. The molecule has 0 fully saturated rings. The highest BCUT2D eigenvalue weighted by molar-refractivity contribution is 7.81. The molecule has 0 saturated carbocycles. The van der Waals surface area contributed by atoms with E-state index < -0.39 is 5.41 Å². The number of hydrogen-bond donors (Lipinski definition) is 0. The lowest BCUT2D eigenvalue weighted by Crippen LogP contribution is -2.33. The summed E-state index contributed by atoms with van der Waals surface area (Å²) in [7, 11) is 0. The van der Waals surface area contributed by atoms with Gasteiger partial charge in [0.2, 0.25) is 0 Å². The lowest BCUT2D eigenvalue weighted by atomic mass is 9.78. The van der Waals surface area contributed by atoms with E-state index in [-0.39, 0.29) is 11.7 Å². The third kappa shape index (κ3) is 3.10. The first-order valence-electron chi connectivity index (χ1n) is 9.35. The van der Waals surface area contributed by atoms with Gasteiger partial charge in [0.25, 0.3) is 0 Å². The third-order valence-corrected chi connectivity index (χ3v) is 5.65. The zero-order valence-electron chi connectivity index (χ0n) is 15.9. The minimum Gasteiger partial charge on any atom is -0.327 e. The van der Waals surface area contributed by atoms with Crippen molar-refractivity contribution in [3.05, 3.63) is 54.3 Å². The van der Waals surface area contributed by atoms with Crippen molar-refractivity contribution in [3.8, 4) is 11.3 Å². The number of fused-ring (bicyclic) bond motifs is 1. The van der Waals surface area contributed by atoms with Gasteiger partial charge in [-0.25, -0.2) is 4.98 Å². The van der Waals surface area contributed by atoms with Crippen LogP contribution >= 0.6 is 12.2 Å². The van der Waals surface area contributed by atoms with Gasteiger partial charge in [0.1, 0.15) is 11.6 Å². The molecule has 5 heteroatoms. The SMILES string of the molecule is CC(C)(C)C(=O)C1C=CC=C(c2nc3n(c2-c2ccncc2)CCC3)C1=S. The van der Waals surface area contributed by atoms with Crippen LogP contribution in [-0.4, -0.2) is 25.2 Å². The molecule has 4 rings (SSSR count). The molecule has 0 N–H and O–H groups in total. The van der Waals surface area contributed by atoms with E-state index in [4.69, 9.17) is 17.2 Å². The van der Waals surface area contributed by atoms with E-state index in [0.29, 0.717) is 4.86 Å². The van der Waals surface area contributed by atoms with Crippen molar-refractivity contribution in [1.29, 1.82) is 0 Å². The second-order valence-corrected chi connectivity index (χ2v) is 8.58. The van der Waals surface area contributed by atoms with Gasteiger partial charge in [0.15, 0.2) is 0 Å². The van der Waals surface area contributed by atoms with Gasteiger partial charge in [-0.1, -0.05) is 51.2 Å². The van der Waals surface area contributed by atoms with Crippen LogP contribution in [0.25, 0.3) is 16.8 Å². The van der Waals surface area contributed by atoms with E-state index in [1.54, 1.807) is 12.4 Å². The summed E-state index contributed by atoms with van der Waals surface area (Å²) in [6.07, 6.45) is 11.5. The molecule has 27 heavy (non-hydrogen) atoms. The fraction of sp³-hybridized carbons (Fsp3) is 0.364. The molecule has 2 aliphatic rings. The third-order valence-electron chi connectivity index (χ3n) is 5.17.